The monoisotopic (exact) mass is 382 g/mol. The molecule has 26 heavy (non-hydrogen) atoms. The molecule has 0 atom stereocenters. The lowest BCUT2D eigenvalue weighted by atomic mass is 10.0. The first-order valence-electron chi connectivity index (χ1n) is 7.88. The number of hydrogen-bond donors (Lipinski definition) is 1. The van der Waals surface area contributed by atoms with Crippen LogP contribution in [0.5, 0.6) is 0 Å². The number of rotatable bonds is 5. The number of thioether (sulfide) groups is 1. The molecule has 0 saturated heterocycles. The van der Waals surface area contributed by atoms with Crippen LogP contribution in [0.1, 0.15) is 21.2 Å². The van der Waals surface area contributed by atoms with Crippen molar-refractivity contribution in [3.63, 3.8) is 0 Å². The van der Waals surface area contributed by atoms with Crippen LogP contribution in [0.2, 0.25) is 0 Å². The van der Waals surface area contributed by atoms with Crippen LogP contribution in [0.4, 0.5) is 0 Å². The summed E-state index contributed by atoms with van der Waals surface area (Å²) in [5.74, 6) is -0.00893. The number of furan rings is 1. The molecular formula is C19H14N2O3S2. The Hall–Kier alpha value is -2.64. The van der Waals surface area contributed by atoms with Crippen molar-refractivity contribution in [1.82, 2.24) is 9.97 Å². The van der Waals surface area contributed by atoms with Crippen LogP contribution < -0.4 is 0 Å². The highest BCUT2D eigenvalue weighted by molar-refractivity contribution is 7.98. The number of nitrogens with zero attached hydrogens (tertiary/aromatic N) is 2. The zero-order valence-electron chi connectivity index (χ0n) is 13.8. The maximum absolute atomic E-state index is 10.9. The van der Waals surface area contributed by atoms with Crippen molar-refractivity contribution in [2.75, 3.05) is 0 Å². The Labute approximate surface area is 157 Å². The largest absolute Gasteiger partial charge is 0.475 e. The highest BCUT2D eigenvalue weighted by Gasteiger charge is 2.17. The standard InChI is InChI=1S/C19H14N2O3S2/c1-11-15(12-5-3-2-4-6-12)16-17(20-10-21-18(16)26-11)25-9-13-7-8-14(24-13)19(22)23/h2-8,10H,9H2,1H3,(H,22,23). The molecule has 0 amide bonds. The van der Waals surface area contributed by atoms with Crippen LogP contribution in [-0.2, 0) is 5.75 Å². The van der Waals surface area contributed by atoms with E-state index in [1.807, 2.05) is 18.2 Å². The number of aromatic nitrogens is 2. The minimum atomic E-state index is -1.06. The molecule has 0 aliphatic rings. The zero-order chi connectivity index (χ0) is 18.1. The molecule has 0 radical (unpaired) electrons. The van der Waals surface area contributed by atoms with Gasteiger partial charge in [0.15, 0.2) is 0 Å². The molecule has 130 valence electrons. The van der Waals surface area contributed by atoms with E-state index in [4.69, 9.17) is 9.52 Å². The minimum absolute atomic E-state index is 0.0511. The molecule has 0 unspecified atom stereocenters. The molecule has 0 spiro atoms. The van der Waals surface area contributed by atoms with Gasteiger partial charge < -0.3 is 9.52 Å². The van der Waals surface area contributed by atoms with E-state index in [0.717, 1.165) is 26.4 Å². The van der Waals surface area contributed by atoms with Crippen LogP contribution in [0.3, 0.4) is 0 Å². The van der Waals surface area contributed by atoms with Crippen LogP contribution in [0.15, 0.2) is 58.2 Å². The molecule has 0 aliphatic heterocycles. The van der Waals surface area contributed by atoms with Crippen LogP contribution >= 0.6 is 23.1 Å². The van der Waals surface area contributed by atoms with E-state index < -0.39 is 5.97 Å². The van der Waals surface area contributed by atoms with Gasteiger partial charge in [0.05, 0.1) is 11.1 Å². The summed E-state index contributed by atoms with van der Waals surface area (Å²) in [6, 6.07) is 13.4. The Balaban J connectivity index is 1.72. The first kappa shape index (κ1) is 16.8. The minimum Gasteiger partial charge on any atom is -0.475 e. The van der Waals surface area contributed by atoms with Crippen LogP contribution in [0, 0.1) is 6.92 Å². The molecule has 7 heteroatoms. The number of aromatic carboxylic acids is 1. The van der Waals surface area contributed by atoms with Crippen molar-refractivity contribution in [2.24, 2.45) is 0 Å². The molecule has 0 fully saturated rings. The normalized spacial score (nSPS) is 11.1. The Kier molecular flexibility index (Phi) is 4.48. The maximum Gasteiger partial charge on any atom is 0.371 e. The van der Waals surface area contributed by atoms with Gasteiger partial charge in [-0.05, 0) is 24.6 Å². The lowest BCUT2D eigenvalue weighted by Crippen LogP contribution is -1.92. The average Bonchev–Trinajstić information content (AvgIpc) is 3.24. The van der Waals surface area contributed by atoms with Crippen molar-refractivity contribution >= 4 is 39.3 Å². The smallest absolute Gasteiger partial charge is 0.371 e. The molecule has 5 nitrogen and oxygen atoms in total. The number of benzene rings is 1. The van der Waals surface area contributed by atoms with Gasteiger partial charge in [-0.1, -0.05) is 42.1 Å². The summed E-state index contributed by atoms with van der Waals surface area (Å²) in [7, 11) is 0. The van der Waals surface area contributed by atoms with Gasteiger partial charge in [0.25, 0.3) is 0 Å². The topological polar surface area (TPSA) is 76.2 Å². The van der Waals surface area contributed by atoms with Crippen molar-refractivity contribution < 1.29 is 14.3 Å². The third kappa shape index (κ3) is 3.11. The van der Waals surface area contributed by atoms with E-state index in [0.29, 0.717) is 11.5 Å². The second-order valence-electron chi connectivity index (χ2n) is 5.62. The third-order valence-corrected chi connectivity index (χ3v) is 5.94. The fourth-order valence-corrected chi connectivity index (χ4v) is 4.77. The molecule has 4 aromatic rings. The number of thiophene rings is 1. The molecule has 4 rings (SSSR count). The fraction of sp³-hybridized carbons (Fsp3) is 0.105. The number of carbonyl (C=O) groups is 1. The van der Waals surface area contributed by atoms with Crippen molar-refractivity contribution in [3.8, 4) is 11.1 Å². The van der Waals surface area contributed by atoms with Crippen LogP contribution in [0.25, 0.3) is 21.3 Å². The maximum atomic E-state index is 10.9. The molecule has 0 saturated carbocycles. The van der Waals surface area contributed by atoms with E-state index >= 15 is 0 Å². The molecule has 3 aromatic heterocycles. The SMILES string of the molecule is Cc1sc2ncnc(SCc3ccc(C(=O)O)o3)c2c1-c1ccccc1. The molecule has 0 bridgehead atoms. The first-order valence-corrected chi connectivity index (χ1v) is 9.68. The number of carboxylic acids is 1. The van der Waals surface area contributed by atoms with Gasteiger partial charge in [0, 0.05) is 10.4 Å². The highest BCUT2D eigenvalue weighted by Crippen LogP contribution is 2.41. The Morgan fingerprint density at radius 1 is 1.19 bits per heavy atom. The summed E-state index contributed by atoms with van der Waals surface area (Å²) in [5.41, 5.74) is 2.29. The van der Waals surface area contributed by atoms with Gasteiger partial charge in [-0.3, -0.25) is 0 Å². The molecule has 3 heterocycles. The number of aryl methyl sites for hydroxylation is 1. The molecule has 0 aliphatic carbocycles. The molecule has 1 aromatic carbocycles. The summed E-state index contributed by atoms with van der Waals surface area (Å²) in [4.78, 5) is 22.0. The van der Waals surface area contributed by atoms with Crippen molar-refractivity contribution in [2.45, 2.75) is 17.7 Å². The predicted molar refractivity (Wildman–Crippen MR) is 103 cm³/mol. The number of hydrogen-bond acceptors (Lipinski definition) is 6. The van der Waals surface area contributed by atoms with E-state index in [1.165, 1.54) is 22.7 Å². The van der Waals surface area contributed by atoms with E-state index in [1.54, 1.807) is 23.7 Å². The molecular weight excluding hydrogens is 368 g/mol. The lowest BCUT2D eigenvalue weighted by Gasteiger charge is -2.05. The summed E-state index contributed by atoms with van der Waals surface area (Å²) in [5, 5.41) is 10.9. The summed E-state index contributed by atoms with van der Waals surface area (Å²) in [6.07, 6.45) is 1.57. The van der Waals surface area contributed by atoms with Gasteiger partial charge in [0.1, 0.15) is 21.9 Å². The Morgan fingerprint density at radius 3 is 2.73 bits per heavy atom. The van der Waals surface area contributed by atoms with E-state index in [-0.39, 0.29) is 5.76 Å². The van der Waals surface area contributed by atoms with Gasteiger partial charge in [-0.15, -0.1) is 11.3 Å². The lowest BCUT2D eigenvalue weighted by molar-refractivity contribution is 0.0661. The second-order valence-corrected chi connectivity index (χ2v) is 7.79. The second kappa shape index (κ2) is 6.93. The summed E-state index contributed by atoms with van der Waals surface area (Å²) >= 11 is 3.17. The number of carboxylic acid groups (broad SMARTS) is 1. The predicted octanol–water partition coefficient (Wildman–Crippen LogP) is 5.25. The van der Waals surface area contributed by atoms with Gasteiger partial charge >= 0.3 is 5.97 Å². The van der Waals surface area contributed by atoms with Gasteiger partial charge in [-0.25, -0.2) is 14.8 Å². The van der Waals surface area contributed by atoms with Crippen molar-refractivity contribution in [3.05, 3.63) is 65.2 Å². The van der Waals surface area contributed by atoms with Crippen LogP contribution in [-0.4, -0.2) is 21.0 Å². The highest BCUT2D eigenvalue weighted by atomic mass is 32.2. The van der Waals surface area contributed by atoms with Crippen molar-refractivity contribution in [1.29, 1.82) is 0 Å². The number of fused-ring (bicyclic) bond motifs is 1. The average molecular weight is 382 g/mol. The zero-order valence-corrected chi connectivity index (χ0v) is 15.4. The summed E-state index contributed by atoms with van der Waals surface area (Å²) in [6.45, 7) is 2.09. The van der Waals surface area contributed by atoms with E-state index in [2.05, 4.69) is 29.0 Å². The quantitative estimate of drug-likeness (QED) is 0.375. The summed E-state index contributed by atoms with van der Waals surface area (Å²) < 4.78 is 5.34. The Bertz CT molecular complexity index is 1090. The van der Waals surface area contributed by atoms with Gasteiger partial charge in [0.2, 0.25) is 5.76 Å². The Morgan fingerprint density at radius 2 is 2.00 bits per heavy atom. The third-order valence-electron chi connectivity index (χ3n) is 3.92. The first-order chi connectivity index (χ1) is 12.6. The van der Waals surface area contributed by atoms with Gasteiger partial charge in [-0.2, -0.15) is 0 Å². The fourth-order valence-electron chi connectivity index (χ4n) is 2.79. The molecule has 1 N–H and O–H groups in total. The van der Waals surface area contributed by atoms with E-state index in [9.17, 15) is 4.79 Å².